The van der Waals surface area contributed by atoms with Crippen molar-refractivity contribution in [2.24, 2.45) is 0 Å². The number of carbonyl (C=O) groups excluding carboxylic acids is 1. The molecule has 0 radical (unpaired) electrons. The van der Waals surface area contributed by atoms with Crippen LogP contribution in [0.4, 0.5) is 4.39 Å². The molecule has 1 aromatic carbocycles. The normalized spacial score (nSPS) is 19.1. The lowest BCUT2D eigenvalue weighted by Gasteiger charge is -2.38. The van der Waals surface area contributed by atoms with Gasteiger partial charge in [0, 0.05) is 6.04 Å². The molecule has 3 nitrogen and oxygen atoms in total. The van der Waals surface area contributed by atoms with Gasteiger partial charge in [0.2, 0.25) is 6.41 Å². The van der Waals surface area contributed by atoms with E-state index in [1.807, 2.05) is 11.8 Å². The van der Waals surface area contributed by atoms with Crippen LogP contribution in [0.25, 0.3) is 0 Å². The first-order valence-corrected chi connectivity index (χ1v) is 6.78. The van der Waals surface area contributed by atoms with Gasteiger partial charge in [0.25, 0.3) is 0 Å². The fraction of sp³-hybridized carbons (Fsp3) is 0.533. The summed E-state index contributed by atoms with van der Waals surface area (Å²) in [6.45, 7) is 4.04. The second kappa shape index (κ2) is 6.15. The van der Waals surface area contributed by atoms with Gasteiger partial charge in [-0.2, -0.15) is 0 Å². The number of amides is 1. The third-order valence-electron chi connectivity index (χ3n) is 4.03. The summed E-state index contributed by atoms with van der Waals surface area (Å²) in [7, 11) is 2.10. The standard InChI is InChI=1S/C15H21FN2O/c1-12(13-3-5-14(16)6-4-13)18(11-19)15-7-9-17(2)10-8-15/h3-6,11-12,15H,7-10H2,1-2H3. The third kappa shape index (κ3) is 3.32. The molecule has 0 bridgehead atoms. The van der Waals surface area contributed by atoms with Crippen molar-refractivity contribution in [2.45, 2.75) is 31.8 Å². The number of hydrogen-bond acceptors (Lipinski definition) is 2. The molecular weight excluding hydrogens is 243 g/mol. The lowest BCUT2D eigenvalue weighted by Crippen LogP contribution is -2.44. The molecular formula is C15H21FN2O. The van der Waals surface area contributed by atoms with Crippen molar-refractivity contribution in [2.75, 3.05) is 20.1 Å². The number of carbonyl (C=O) groups is 1. The van der Waals surface area contributed by atoms with Gasteiger partial charge in [0.1, 0.15) is 5.82 Å². The van der Waals surface area contributed by atoms with Crippen LogP contribution in [-0.2, 0) is 4.79 Å². The van der Waals surface area contributed by atoms with E-state index < -0.39 is 0 Å². The molecule has 1 saturated heterocycles. The molecule has 1 unspecified atom stereocenters. The van der Waals surface area contributed by atoms with Crippen molar-refractivity contribution in [3.8, 4) is 0 Å². The highest BCUT2D eigenvalue weighted by Gasteiger charge is 2.26. The molecule has 104 valence electrons. The Morgan fingerprint density at radius 1 is 1.32 bits per heavy atom. The van der Waals surface area contributed by atoms with Crippen LogP contribution < -0.4 is 0 Å². The van der Waals surface area contributed by atoms with Gasteiger partial charge in [-0.3, -0.25) is 4.79 Å². The van der Waals surface area contributed by atoms with Crippen LogP contribution in [0.3, 0.4) is 0 Å². The first-order valence-electron chi connectivity index (χ1n) is 6.78. The largest absolute Gasteiger partial charge is 0.335 e. The van der Waals surface area contributed by atoms with E-state index in [0.717, 1.165) is 37.9 Å². The highest BCUT2D eigenvalue weighted by molar-refractivity contribution is 5.49. The van der Waals surface area contributed by atoms with E-state index in [4.69, 9.17) is 0 Å². The molecule has 1 atom stereocenters. The molecule has 0 spiro atoms. The van der Waals surface area contributed by atoms with Crippen molar-refractivity contribution in [1.29, 1.82) is 0 Å². The van der Waals surface area contributed by atoms with Gasteiger partial charge in [0.15, 0.2) is 0 Å². The number of likely N-dealkylation sites (tertiary alicyclic amines) is 1. The number of piperidine rings is 1. The van der Waals surface area contributed by atoms with Crippen molar-refractivity contribution in [1.82, 2.24) is 9.80 Å². The summed E-state index contributed by atoms with van der Waals surface area (Å²) >= 11 is 0. The quantitative estimate of drug-likeness (QED) is 0.780. The molecule has 1 aliphatic heterocycles. The Kier molecular flexibility index (Phi) is 4.53. The van der Waals surface area contributed by atoms with Crippen LogP contribution in [-0.4, -0.2) is 42.4 Å². The molecule has 2 rings (SSSR count). The number of rotatable bonds is 4. The van der Waals surface area contributed by atoms with E-state index in [1.165, 1.54) is 12.1 Å². The number of hydrogen-bond donors (Lipinski definition) is 0. The molecule has 0 aromatic heterocycles. The van der Waals surface area contributed by atoms with Crippen LogP contribution in [0.5, 0.6) is 0 Å². The van der Waals surface area contributed by atoms with Crippen LogP contribution in [0.1, 0.15) is 31.4 Å². The van der Waals surface area contributed by atoms with E-state index in [1.54, 1.807) is 12.1 Å². The van der Waals surface area contributed by atoms with Gasteiger partial charge >= 0.3 is 0 Å². The van der Waals surface area contributed by atoms with Crippen LogP contribution >= 0.6 is 0 Å². The lowest BCUT2D eigenvalue weighted by atomic mass is 9.99. The van der Waals surface area contributed by atoms with Crippen LogP contribution in [0.2, 0.25) is 0 Å². The summed E-state index contributed by atoms with van der Waals surface area (Å²) in [4.78, 5) is 15.6. The molecule has 1 aromatic rings. The number of nitrogens with zero attached hydrogens (tertiary/aromatic N) is 2. The molecule has 0 saturated carbocycles. The monoisotopic (exact) mass is 264 g/mol. The minimum Gasteiger partial charge on any atom is -0.335 e. The average molecular weight is 264 g/mol. The fourth-order valence-electron chi connectivity index (χ4n) is 2.70. The van der Waals surface area contributed by atoms with Crippen molar-refractivity contribution in [3.05, 3.63) is 35.6 Å². The van der Waals surface area contributed by atoms with Gasteiger partial charge in [-0.05, 0) is 57.6 Å². The molecule has 0 aliphatic carbocycles. The lowest BCUT2D eigenvalue weighted by molar-refractivity contribution is -0.123. The van der Waals surface area contributed by atoms with Gasteiger partial charge in [-0.1, -0.05) is 12.1 Å². The summed E-state index contributed by atoms with van der Waals surface area (Å²) in [6, 6.07) is 6.68. The van der Waals surface area contributed by atoms with E-state index in [0.29, 0.717) is 0 Å². The molecule has 1 heterocycles. The first kappa shape index (κ1) is 14.0. The summed E-state index contributed by atoms with van der Waals surface area (Å²) in [5.74, 6) is -0.243. The number of benzene rings is 1. The maximum absolute atomic E-state index is 12.9. The predicted octanol–water partition coefficient (Wildman–Crippen LogP) is 2.44. The Morgan fingerprint density at radius 3 is 2.42 bits per heavy atom. The molecule has 1 amide bonds. The second-order valence-electron chi connectivity index (χ2n) is 5.31. The third-order valence-corrected chi connectivity index (χ3v) is 4.03. The zero-order valence-corrected chi connectivity index (χ0v) is 11.6. The Balaban J connectivity index is 2.08. The van der Waals surface area contributed by atoms with Crippen LogP contribution in [0.15, 0.2) is 24.3 Å². The van der Waals surface area contributed by atoms with E-state index in [9.17, 15) is 9.18 Å². The van der Waals surface area contributed by atoms with E-state index in [2.05, 4.69) is 11.9 Å². The number of halogens is 1. The molecule has 19 heavy (non-hydrogen) atoms. The SMILES string of the molecule is CC(c1ccc(F)cc1)N(C=O)C1CCN(C)CC1. The van der Waals surface area contributed by atoms with E-state index >= 15 is 0 Å². The average Bonchev–Trinajstić information content (AvgIpc) is 2.42. The van der Waals surface area contributed by atoms with Gasteiger partial charge in [-0.15, -0.1) is 0 Å². The zero-order chi connectivity index (χ0) is 13.8. The van der Waals surface area contributed by atoms with Crippen molar-refractivity contribution in [3.63, 3.8) is 0 Å². The zero-order valence-electron chi connectivity index (χ0n) is 11.6. The van der Waals surface area contributed by atoms with E-state index in [-0.39, 0.29) is 17.9 Å². The highest BCUT2D eigenvalue weighted by Crippen LogP contribution is 2.25. The summed E-state index contributed by atoms with van der Waals surface area (Å²) in [6.07, 6.45) is 2.94. The maximum atomic E-state index is 12.9. The minimum absolute atomic E-state index is 0.00786. The van der Waals surface area contributed by atoms with Gasteiger partial charge < -0.3 is 9.80 Å². The highest BCUT2D eigenvalue weighted by atomic mass is 19.1. The smallest absolute Gasteiger partial charge is 0.210 e. The summed E-state index contributed by atoms with van der Waals surface area (Å²) in [5, 5.41) is 0. The summed E-state index contributed by atoms with van der Waals surface area (Å²) < 4.78 is 12.9. The topological polar surface area (TPSA) is 23.6 Å². The molecule has 1 aliphatic rings. The van der Waals surface area contributed by atoms with Crippen molar-refractivity contribution >= 4 is 6.41 Å². The van der Waals surface area contributed by atoms with Crippen molar-refractivity contribution < 1.29 is 9.18 Å². The summed E-state index contributed by atoms with van der Waals surface area (Å²) in [5.41, 5.74) is 0.979. The predicted molar refractivity (Wildman–Crippen MR) is 73.2 cm³/mol. The maximum Gasteiger partial charge on any atom is 0.210 e. The molecule has 0 N–H and O–H groups in total. The first-order chi connectivity index (χ1) is 9.11. The fourth-order valence-corrected chi connectivity index (χ4v) is 2.70. The Bertz CT molecular complexity index is 413. The van der Waals surface area contributed by atoms with Crippen LogP contribution in [0, 0.1) is 5.82 Å². The second-order valence-corrected chi connectivity index (χ2v) is 5.31. The Morgan fingerprint density at radius 2 is 1.89 bits per heavy atom. The molecule has 1 fully saturated rings. The van der Waals surface area contributed by atoms with Gasteiger partial charge in [0.05, 0.1) is 6.04 Å². The Labute approximate surface area is 114 Å². The van der Waals surface area contributed by atoms with Gasteiger partial charge in [-0.25, -0.2) is 4.39 Å². The minimum atomic E-state index is -0.243. The molecule has 4 heteroatoms. The Hall–Kier alpha value is -1.42.